The van der Waals surface area contributed by atoms with Gasteiger partial charge >= 0.3 is 11.9 Å². The number of benzene rings is 1. The average molecular weight is 259 g/mol. The number of ether oxygens (including phenoxy) is 1. The van der Waals surface area contributed by atoms with E-state index >= 15 is 0 Å². The molecule has 0 radical (unpaired) electrons. The van der Waals surface area contributed by atoms with E-state index in [9.17, 15) is 14.0 Å². The van der Waals surface area contributed by atoms with E-state index in [1.54, 1.807) is 0 Å². The van der Waals surface area contributed by atoms with Crippen LogP contribution in [-0.4, -0.2) is 17.0 Å². The maximum Gasteiger partial charge on any atom is 0.311 e. The molecule has 0 amide bonds. The maximum atomic E-state index is 13.6. The second-order valence-electron chi connectivity index (χ2n) is 3.69. The van der Waals surface area contributed by atoms with E-state index in [0.29, 0.717) is 0 Å². The molecule has 90 valence electrons. The fourth-order valence-corrected chi connectivity index (χ4v) is 2.09. The van der Waals surface area contributed by atoms with Gasteiger partial charge in [-0.15, -0.1) is 0 Å². The molecule has 1 fully saturated rings. The number of carbonyl (C=O) groups excluding carboxylic acids is 1. The average Bonchev–Trinajstić information content (AvgIpc) is 2.60. The molecule has 2 atom stereocenters. The number of halogens is 2. The van der Waals surface area contributed by atoms with Crippen molar-refractivity contribution in [1.29, 1.82) is 0 Å². The van der Waals surface area contributed by atoms with Crippen molar-refractivity contribution in [2.45, 2.75) is 12.5 Å². The van der Waals surface area contributed by atoms with E-state index < -0.39 is 29.8 Å². The predicted octanol–water partition coefficient (Wildman–Crippen LogP) is 2.17. The van der Waals surface area contributed by atoms with Gasteiger partial charge in [-0.3, -0.25) is 9.59 Å². The minimum atomic E-state index is -1.21. The number of carbonyl (C=O) groups is 2. The van der Waals surface area contributed by atoms with Crippen molar-refractivity contribution in [2.24, 2.45) is 5.92 Å². The Morgan fingerprint density at radius 1 is 1.53 bits per heavy atom. The minimum Gasteiger partial charge on any atom is -0.481 e. The van der Waals surface area contributed by atoms with Crippen molar-refractivity contribution in [1.82, 2.24) is 0 Å². The third-order valence-electron chi connectivity index (χ3n) is 2.61. The Kier molecular flexibility index (Phi) is 3.02. The molecule has 1 N–H and O–H groups in total. The van der Waals surface area contributed by atoms with Gasteiger partial charge in [-0.1, -0.05) is 17.7 Å². The van der Waals surface area contributed by atoms with Gasteiger partial charge in [-0.25, -0.2) is 4.39 Å². The number of carboxylic acid groups (broad SMARTS) is 1. The van der Waals surface area contributed by atoms with E-state index in [1.165, 1.54) is 12.1 Å². The van der Waals surface area contributed by atoms with E-state index in [4.69, 9.17) is 21.4 Å². The fourth-order valence-electron chi connectivity index (χ4n) is 1.82. The Balaban J connectivity index is 2.45. The van der Waals surface area contributed by atoms with Gasteiger partial charge in [0.15, 0.2) is 0 Å². The summed E-state index contributed by atoms with van der Waals surface area (Å²) in [5.41, 5.74) is -0.0765. The normalized spacial score (nSPS) is 23.5. The number of rotatable bonds is 2. The van der Waals surface area contributed by atoms with Gasteiger partial charge in [0.1, 0.15) is 17.8 Å². The van der Waals surface area contributed by atoms with Crippen LogP contribution in [-0.2, 0) is 14.3 Å². The molecule has 2 rings (SSSR count). The highest BCUT2D eigenvalue weighted by Crippen LogP contribution is 2.39. The Labute approximate surface area is 101 Å². The maximum absolute atomic E-state index is 13.6. The highest BCUT2D eigenvalue weighted by Gasteiger charge is 2.43. The lowest BCUT2D eigenvalue weighted by molar-refractivity contribution is -0.144. The predicted molar refractivity (Wildman–Crippen MR) is 56.0 cm³/mol. The van der Waals surface area contributed by atoms with Crippen molar-refractivity contribution in [3.05, 3.63) is 34.6 Å². The molecule has 0 unspecified atom stereocenters. The zero-order valence-electron chi connectivity index (χ0n) is 8.52. The Bertz CT molecular complexity index is 468. The molecule has 1 aromatic carbocycles. The van der Waals surface area contributed by atoms with Gasteiger partial charge < -0.3 is 9.84 Å². The summed E-state index contributed by atoms with van der Waals surface area (Å²) in [7, 11) is 0. The zero-order valence-corrected chi connectivity index (χ0v) is 9.28. The van der Waals surface area contributed by atoms with Gasteiger partial charge in [0.25, 0.3) is 0 Å². The van der Waals surface area contributed by atoms with Gasteiger partial charge in [0, 0.05) is 5.56 Å². The molecule has 1 saturated heterocycles. The first-order valence-corrected chi connectivity index (χ1v) is 5.24. The Morgan fingerprint density at radius 2 is 2.24 bits per heavy atom. The van der Waals surface area contributed by atoms with E-state index in [-0.39, 0.29) is 17.0 Å². The van der Waals surface area contributed by atoms with Crippen LogP contribution in [0.15, 0.2) is 18.2 Å². The van der Waals surface area contributed by atoms with Crippen LogP contribution in [0.3, 0.4) is 0 Å². The summed E-state index contributed by atoms with van der Waals surface area (Å²) in [6.45, 7) is 0. The molecule has 1 aromatic rings. The van der Waals surface area contributed by atoms with Crippen molar-refractivity contribution in [2.75, 3.05) is 0 Å². The van der Waals surface area contributed by atoms with E-state index in [2.05, 4.69) is 0 Å². The monoisotopic (exact) mass is 258 g/mol. The smallest absolute Gasteiger partial charge is 0.311 e. The summed E-state index contributed by atoms with van der Waals surface area (Å²) in [6.07, 6.45) is -1.43. The SMILES string of the molecule is O=C1C[C@@H](C(=O)O)[C@@H](c2c(F)cccc2Cl)O1. The summed E-state index contributed by atoms with van der Waals surface area (Å²) in [4.78, 5) is 22.1. The fraction of sp³-hybridized carbons (Fsp3) is 0.273. The molecule has 0 aliphatic carbocycles. The molecule has 1 aliphatic rings. The molecule has 0 spiro atoms. The molecule has 1 aliphatic heterocycles. The highest BCUT2D eigenvalue weighted by atomic mass is 35.5. The summed E-state index contributed by atoms with van der Waals surface area (Å²) < 4.78 is 18.4. The lowest BCUT2D eigenvalue weighted by atomic mass is 9.95. The van der Waals surface area contributed by atoms with Crippen LogP contribution in [0.25, 0.3) is 0 Å². The first kappa shape index (κ1) is 11.9. The van der Waals surface area contributed by atoms with Gasteiger partial charge in [-0.2, -0.15) is 0 Å². The van der Waals surface area contributed by atoms with Gasteiger partial charge in [-0.05, 0) is 12.1 Å². The highest BCUT2D eigenvalue weighted by molar-refractivity contribution is 6.31. The van der Waals surface area contributed by atoms with Crippen molar-refractivity contribution >= 4 is 23.5 Å². The molecule has 0 bridgehead atoms. The third-order valence-corrected chi connectivity index (χ3v) is 2.94. The third kappa shape index (κ3) is 2.10. The second kappa shape index (κ2) is 4.33. The molecular formula is C11H8ClFO4. The number of hydrogen-bond donors (Lipinski definition) is 1. The first-order chi connectivity index (χ1) is 8.00. The summed E-state index contributed by atoms with van der Waals surface area (Å²) in [5.74, 6) is -3.65. The van der Waals surface area contributed by atoms with Crippen LogP contribution in [0.1, 0.15) is 18.1 Å². The molecule has 6 heteroatoms. The van der Waals surface area contributed by atoms with E-state index in [1.807, 2.05) is 0 Å². The molecule has 17 heavy (non-hydrogen) atoms. The quantitative estimate of drug-likeness (QED) is 0.826. The van der Waals surface area contributed by atoms with Crippen LogP contribution in [0.2, 0.25) is 5.02 Å². The largest absolute Gasteiger partial charge is 0.481 e. The van der Waals surface area contributed by atoms with Crippen molar-refractivity contribution in [3.63, 3.8) is 0 Å². The van der Waals surface area contributed by atoms with Crippen LogP contribution in [0.4, 0.5) is 4.39 Å². The van der Waals surface area contributed by atoms with Crippen molar-refractivity contribution in [3.8, 4) is 0 Å². The van der Waals surface area contributed by atoms with Crippen molar-refractivity contribution < 1.29 is 23.8 Å². The van der Waals surface area contributed by atoms with Gasteiger partial charge in [0.2, 0.25) is 0 Å². The summed E-state index contributed by atoms with van der Waals surface area (Å²) >= 11 is 5.80. The van der Waals surface area contributed by atoms with Crippen LogP contribution < -0.4 is 0 Å². The minimum absolute atomic E-state index is 0.0518. The second-order valence-corrected chi connectivity index (χ2v) is 4.10. The number of esters is 1. The molecule has 0 saturated carbocycles. The number of aliphatic carboxylic acids is 1. The lowest BCUT2D eigenvalue weighted by Gasteiger charge is -2.16. The standard InChI is InChI=1S/C11H8ClFO4/c12-6-2-1-3-7(13)9(6)10-5(11(15)16)4-8(14)17-10/h1-3,5,10H,4H2,(H,15,16)/t5-,10+/m1/s1. The topological polar surface area (TPSA) is 63.6 Å². The molecule has 4 nitrogen and oxygen atoms in total. The number of hydrogen-bond acceptors (Lipinski definition) is 3. The Morgan fingerprint density at radius 3 is 2.82 bits per heavy atom. The van der Waals surface area contributed by atoms with Crippen LogP contribution >= 0.6 is 11.6 Å². The van der Waals surface area contributed by atoms with Crippen LogP contribution in [0.5, 0.6) is 0 Å². The van der Waals surface area contributed by atoms with Gasteiger partial charge in [0.05, 0.1) is 11.4 Å². The zero-order chi connectivity index (χ0) is 12.6. The molecular weight excluding hydrogens is 251 g/mol. The first-order valence-electron chi connectivity index (χ1n) is 4.87. The summed E-state index contributed by atoms with van der Waals surface area (Å²) in [5, 5.41) is 9.00. The Hall–Kier alpha value is -1.62. The van der Waals surface area contributed by atoms with E-state index in [0.717, 1.165) is 6.07 Å². The molecule has 0 aromatic heterocycles. The van der Waals surface area contributed by atoms with Crippen LogP contribution in [0, 0.1) is 11.7 Å². The summed E-state index contributed by atoms with van der Waals surface area (Å²) in [6, 6.07) is 3.96. The number of carboxylic acids is 1. The molecule has 1 heterocycles. The number of cyclic esters (lactones) is 1. The lowest BCUT2D eigenvalue weighted by Crippen LogP contribution is -2.18.